The fourth-order valence-electron chi connectivity index (χ4n) is 2.38. The lowest BCUT2D eigenvalue weighted by atomic mass is 10.2. The summed E-state index contributed by atoms with van der Waals surface area (Å²) in [6.07, 6.45) is 2.86. The number of anilines is 1. The number of nitrogens with zero attached hydrogens (tertiary/aromatic N) is 4. The number of carbonyl (C=O) groups is 1. The van der Waals surface area contributed by atoms with Crippen molar-refractivity contribution < 1.29 is 9.72 Å². The highest BCUT2D eigenvalue weighted by molar-refractivity contribution is 6.30. The van der Waals surface area contributed by atoms with E-state index in [9.17, 15) is 14.9 Å². The van der Waals surface area contributed by atoms with Crippen LogP contribution in [0.4, 0.5) is 11.5 Å². The van der Waals surface area contributed by atoms with E-state index in [0.717, 1.165) is 5.56 Å². The van der Waals surface area contributed by atoms with Crippen molar-refractivity contribution in [3.63, 3.8) is 0 Å². The van der Waals surface area contributed by atoms with E-state index in [-0.39, 0.29) is 11.4 Å². The van der Waals surface area contributed by atoms with Crippen LogP contribution in [-0.2, 0) is 13.6 Å². The number of aryl methyl sites for hydroxylation is 1. The average Bonchev–Trinajstić information content (AvgIpc) is 3.16. The Morgan fingerprint density at radius 1 is 1.32 bits per heavy atom. The summed E-state index contributed by atoms with van der Waals surface area (Å²) in [6.45, 7) is 0.451. The Labute approximate surface area is 147 Å². The SMILES string of the molecule is Cn1cc([N+](=O)[O-])cc1C(=O)Nc1ccnn1Cc1ccc(Cl)cc1. The molecule has 8 nitrogen and oxygen atoms in total. The smallest absolute Gasteiger partial charge is 0.287 e. The zero-order chi connectivity index (χ0) is 18.0. The molecule has 0 atom stereocenters. The van der Waals surface area contributed by atoms with E-state index in [4.69, 9.17) is 11.6 Å². The molecule has 0 saturated carbocycles. The number of nitro groups is 1. The third kappa shape index (κ3) is 3.69. The highest BCUT2D eigenvalue weighted by Gasteiger charge is 2.18. The van der Waals surface area contributed by atoms with Crippen LogP contribution in [0.15, 0.2) is 48.8 Å². The van der Waals surface area contributed by atoms with Gasteiger partial charge in [0.15, 0.2) is 0 Å². The first-order valence-electron chi connectivity index (χ1n) is 7.32. The molecule has 0 aliphatic carbocycles. The van der Waals surface area contributed by atoms with E-state index in [1.165, 1.54) is 16.8 Å². The largest absolute Gasteiger partial charge is 0.340 e. The average molecular weight is 360 g/mol. The lowest BCUT2D eigenvalue weighted by molar-refractivity contribution is -0.384. The van der Waals surface area contributed by atoms with Crippen molar-refractivity contribution in [3.8, 4) is 0 Å². The molecule has 2 heterocycles. The molecular formula is C16H14ClN5O3. The molecule has 1 amide bonds. The van der Waals surface area contributed by atoms with Gasteiger partial charge in [-0.25, -0.2) is 4.68 Å². The van der Waals surface area contributed by atoms with Crippen molar-refractivity contribution in [1.29, 1.82) is 0 Å². The molecule has 1 N–H and O–H groups in total. The normalized spacial score (nSPS) is 10.6. The van der Waals surface area contributed by atoms with Crippen LogP contribution in [0.5, 0.6) is 0 Å². The Balaban J connectivity index is 1.77. The van der Waals surface area contributed by atoms with Gasteiger partial charge >= 0.3 is 0 Å². The van der Waals surface area contributed by atoms with E-state index < -0.39 is 10.8 Å². The molecular weight excluding hydrogens is 346 g/mol. The van der Waals surface area contributed by atoms with E-state index in [2.05, 4.69) is 10.4 Å². The second kappa shape index (κ2) is 6.78. The Morgan fingerprint density at radius 3 is 2.68 bits per heavy atom. The molecule has 0 radical (unpaired) electrons. The van der Waals surface area contributed by atoms with Gasteiger partial charge in [-0.3, -0.25) is 14.9 Å². The number of amides is 1. The topological polar surface area (TPSA) is 95.0 Å². The van der Waals surface area contributed by atoms with Crippen LogP contribution in [0.2, 0.25) is 5.02 Å². The third-order valence-electron chi connectivity index (χ3n) is 3.64. The molecule has 1 aromatic carbocycles. The number of aromatic nitrogens is 3. The minimum absolute atomic E-state index is 0.137. The molecule has 128 valence electrons. The van der Waals surface area contributed by atoms with Gasteiger partial charge in [-0.05, 0) is 17.7 Å². The van der Waals surface area contributed by atoms with E-state index in [1.807, 2.05) is 12.1 Å². The molecule has 0 aliphatic rings. The van der Waals surface area contributed by atoms with Gasteiger partial charge in [0.2, 0.25) is 0 Å². The van der Waals surface area contributed by atoms with Crippen LogP contribution in [-0.4, -0.2) is 25.2 Å². The summed E-state index contributed by atoms with van der Waals surface area (Å²) in [4.78, 5) is 22.7. The van der Waals surface area contributed by atoms with Gasteiger partial charge in [-0.2, -0.15) is 5.10 Å². The maximum atomic E-state index is 12.4. The molecule has 25 heavy (non-hydrogen) atoms. The van der Waals surface area contributed by atoms with Crippen molar-refractivity contribution in [3.05, 3.63) is 75.2 Å². The lowest BCUT2D eigenvalue weighted by Crippen LogP contribution is -2.18. The molecule has 9 heteroatoms. The van der Waals surface area contributed by atoms with Crippen molar-refractivity contribution >= 4 is 29.0 Å². The Bertz CT molecular complexity index is 930. The summed E-state index contributed by atoms with van der Waals surface area (Å²) in [5.74, 6) is 0.0391. The molecule has 0 fully saturated rings. The zero-order valence-electron chi connectivity index (χ0n) is 13.2. The summed E-state index contributed by atoms with van der Waals surface area (Å²) in [5, 5.41) is 18.4. The van der Waals surface area contributed by atoms with Gasteiger partial charge in [-0.1, -0.05) is 23.7 Å². The fourth-order valence-corrected chi connectivity index (χ4v) is 2.51. The summed E-state index contributed by atoms with van der Waals surface area (Å²) in [5.41, 5.74) is 1.02. The highest BCUT2D eigenvalue weighted by Crippen LogP contribution is 2.18. The molecule has 0 spiro atoms. The number of hydrogen-bond acceptors (Lipinski definition) is 4. The van der Waals surface area contributed by atoms with Crippen LogP contribution < -0.4 is 5.32 Å². The van der Waals surface area contributed by atoms with Gasteiger partial charge in [0.05, 0.1) is 23.9 Å². The van der Waals surface area contributed by atoms with Crippen molar-refractivity contribution in [2.75, 3.05) is 5.32 Å². The van der Waals surface area contributed by atoms with E-state index >= 15 is 0 Å². The van der Waals surface area contributed by atoms with Gasteiger partial charge in [0, 0.05) is 24.2 Å². The summed E-state index contributed by atoms with van der Waals surface area (Å²) >= 11 is 5.87. The first-order valence-corrected chi connectivity index (χ1v) is 7.70. The lowest BCUT2D eigenvalue weighted by Gasteiger charge is -2.09. The van der Waals surface area contributed by atoms with E-state index in [0.29, 0.717) is 17.4 Å². The van der Waals surface area contributed by atoms with Crippen LogP contribution in [0.3, 0.4) is 0 Å². The zero-order valence-corrected chi connectivity index (χ0v) is 14.0. The molecule has 0 bridgehead atoms. The summed E-state index contributed by atoms with van der Waals surface area (Å²) in [6, 6.07) is 10.2. The Morgan fingerprint density at radius 2 is 2.04 bits per heavy atom. The first kappa shape index (κ1) is 16.7. The van der Waals surface area contributed by atoms with Gasteiger partial charge < -0.3 is 9.88 Å². The van der Waals surface area contributed by atoms with Crippen LogP contribution >= 0.6 is 11.6 Å². The molecule has 0 aliphatic heterocycles. The number of nitrogens with one attached hydrogen (secondary N) is 1. The standard InChI is InChI=1S/C16H14ClN5O3/c1-20-10-13(22(24)25)8-14(20)16(23)19-15-6-7-18-21(15)9-11-2-4-12(17)5-3-11/h2-8,10H,9H2,1H3,(H,19,23). The first-order chi connectivity index (χ1) is 11.9. The van der Waals surface area contributed by atoms with Crippen molar-refractivity contribution in [2.45, 2.75) is 6.54 Å². The number of hydrogen-bond donors (Lipinski definition) is 1. The Kier molecular flexibility index (Phi) is 4.53. The Hall–Kier alpha value is -3.13. The monoisotopic (exact) mass is 359 g/mol. The quantitative estimate of drug-likeness (QED) is 0.559. The molecule has 3 aromatic rings. The number of rotatable bonds is 5. The van der Waals surface area contributed by atoms with Gasteiger partial charge in [0.25, 0.3) is 11.6 Å². The minimum Gasteiger partial charge on any atom is -0.340 e. The van der Waals surface area contributed by atoms with Gasteiger partial charge in [-0.15, -0.1) is 0 Å². The summed E-state index contributed by atoms with van der Waals surface area (Å²) in [7, 11) is 1.58. The molecule has 2 aromatic heterocycles. The van der Waals surface area contributed by atoms with Crippen molar-refractivity contribution in [1.82, 2.24) is 14.3 Å². The maximum Gasteiger partial charge on any atom is 0.287 e. The predicted octanol–water partition coefficient (Wildman–Crippen LogP) is 3.08. The van der Waals surface area contributed by atoms with Crippen molar-refractivity contribution in [2.24, 2.45) is 7.05 Å². The predicted molar refractivity (Wildman–Crippen MR) is 92.8 cm³/mol. The number of halogens is 1. The second-order valence-electron chi connectivity index (χ2n) is 5.41. The maximum absolute atomic E-state index is 12.4. The minimum atomic E-state index is -0.540. The van der Waals surface area contributed by atoms with E-state index in [1.54, 1.807) is 36.1 Å². The van der Waals surface area contributed by atoms with Crippen LogP contribution in [0.25, 0.3) is 0 Å². The second-order valence-corrected chi connectivity index (χ2v) is 5.84. The number of carbonyl (C=O) groups excluding carboxylic acids is 1. The molecule has 3 rings (SSSR count). The third-order valence-corrected chi connectivity index (χ3v) is 3.89. The van der Waals surface area contributed by atoms with Gasteiger partial charge in [0.1, 0.15) is 11.5 Å². The van der Waals surface area contributed by atoms with Crippen LogP contribution in [0, 0.1) is 10.1 Å². The van der Waals surface area contributed by atoms with Crippen LogP contribution in [0.1, 0.15) is 16.1 Å². The summed E-state index contributed by atoms with van der Waals surface area (Å²) < 4.78 is 3.03. The molecule has 0 saturated heterocycles. The fraction of sp³-hybridized carbons (Fsp3) is 0.125. The molecule has 0 unspecified atom stereocenters. The number of benzene rings is 1. The highest BCUT2D eigenvalue weighted by atomic mass is 35.5.